The highest BCUT2D eigenvalue weighted by molar-refractivity contribution is 5.91. The SMILES string of the molecule is CC(=O)OCC1OC(c2ccccc2)CC(=NO)C1OC(C)=O. The Hall–Kier alpha value is -2.41. The Bertz CT molecular complexity index is 585. The number of carbonyl (C=O) groups is 2. The van der Waals surface area contributed by atoms with Gasteiger partial charge in [-0.15, -0.1) is 0 Å². The fourth-order valence-corrected chi connectivity index (χ4v) is 2.46. The van der Waals surface area contributed by atoms with Gasteiger partial charge in [0, 0.05) is 20.3 Å². The number of esters is 2. The van der Waals surface area contributed by atoms with E-state index in [1.54, 1.807) is 0 Å². The summed E-state index contributed by atoms with van der Waals surface area (Å²) in [5.41, 5.74) is 1.17. The molecule has 23 heavy (non-hydrogen) atoms. The lowest BCUT2D eigenvalue weighted by molar-refractivity contribution is -0.165. The van der Waals surface area contributed by atoms with Crippen LogP contribution in [0.25, 0.3) is 0 Å². The summed E-state index contributed by atoms with van der Waals surface area (Å²) >= 11 is 0. The quantitative estimate of drug-likeness (QED) is 0.516. The average Bonchev–Trinajstić information content (AvgIpc) is 2.53. The van der Waals surface area contributed by atoms with Gasteiger partial charge in [0.15, 0.2) is 6.10 Å². The maximum Gasteiger partial charge on any atom is 0.303 e. The zero-order valence-electron chi connectivity index (χ0n) is 13.0. The summed E-state index contributed by atoms with van der Waals surface area (Å²) in [4.78, 5) is 22.3. The van der Waals surface area contributed by atoms with Crippen LogP contribution in [-0.2, 0) is 23.8 Å². The van der Waals surface area contributed by atoms with Gasteiger partial charge in [-0.05, 0) is 5.56 Å². The van der Waals surface area contributed by atoms with Gasteiger partial charge in [-0.1, -0.05) is 35.5 Å². The predicted octanol–water partition coefficient (Wildman–Crippen LogP) is 1.84. The second kappa shape index (κ2) is 7.73. The third-order valence-electron chi connectivity index (χ3n) is 3.44. The molecule has 1 fully saturated rings. The van der Waals surface area contributed by atoms with Crippen molar-refractivity contribution >= 4 is 17.7 Å². The van der Waals surface area contributed by atoms with Crippen molar-refractivity contribution in [1.82, 2.24) is 0 Å². The van der Waals surface area contributed by atoms with Crippen LogP contribution in [0.4, 0.5) is 0 Å². The Morgan fingerprint density at radius 1 is 1.26 bits per heavy atom. The van der Waals surface area contributed by atoms with Gasteiger partial charge in [-0.2, -0.15) is 0 Å². The van der Waals surface area contributed by atoms with E-state index < -0.39 is 24.1 Å². The minimum absolute atomic E-state index is 0.102. The van der Waals surface area contributed by atoms with Crippen molar-refractivity contribution in [1.29, 1.82) is 0 Å². The molecule has 0 amide bonds. The van der Waals surface area contributed by atoms with Crippen molar-refractivity contribution in [2.24, 2.45) is 5.16 Å². The topological polar surface area (TPSA) is 94.4 Å². The Morgan fingerprint density at radius 2 is 1.96 bits per heavy atom. The summed E-state index contributed by atoms with van der Waals surface area (Å²) in [6.45, 7) is 2.43. The molecule has 7 nitrogen and oxygen atoms in total. The standard InChI is InChI=1S/C16H19NO6/c1-10(18)21-9-15-16(22-11(2)19)13(17-20)8-14(23-15)12-6-4-3-5-7-12/h3-7,14-16,20H,8-9H2,1-2H3. The largest absolute Gasteiger partial charge is 0.463 e. The van der Waals surface area contributed by atoms with E-state index in [1.165, 1.54) is 13.8 Å². The van der Waals surface area contributed by atoms with Crippen LogP contribution >= 0.6 is 0 Å². The van der Waals surface area contributed by atoms with E-state index in [0.717, 1.165) is 5.56 Å². The Balaban J connectivity index is 2.23. The summed E-state index contributed by atoms with van der Waals surface area (Å²) in [6, 6.07) is 9.39. The van der Waals surface area contributed by atoms with Gasteiger partial charge in [0.25, 0.3) is 0 Å². The number of carbonyl (C=O) groups excluding carboxylic acids is 2. The van der Waals surface area contributed by atoms with E-state index in [9.17, 15) is 14.8 Å². The molecule has 1 N–H and O–H groups in total. The molecule has 1 aliphatic heterocycles. The normalized spacial score (nSPS) is 25.8. The molecule has 0 aliphatic carbocycles. The summed E-state index contributed by atoms with van der Waals surface area (Å²) in [7, 11) is 0. The molecule has 1 aromatic rings. The van der Waals surface area contributed by atoms with Gasteiger partial charge in [-0.3, -0.25) is 9.59 Å². The third-order valence-corrected chi connectivity index (χ3v) is 3.44. The molecule has 0 saturated carbocycles. The summed E-state index contributed by atoms with van der Waals surface area (Å²) in [6.07, 6.45) is -1.74. The molecule has 124 valence electrons. The molecule has 2 rings (SSSR count). The lowest BCUT2D eigenvalue weighted by Crippen LogP contribution is -2.48. The smallest absolute Gasteiger partial charge is 0.303 e. The maximum atomic E-state index is 11.3. The lowest BCUT2D eigenvalue weighted by Gasteiger charge is -2.36. The van der Waals surface area contributed by atoms with Gasteiger partial charge in [0.2, 0.25) is 0 Å². The first-order valence-electron chi connectivity index (χ1n) is 7.23. The molecular weight excluding hydrogens is 302 g/mol. The molecule has 0 bridgehead atoms. The van der Waals surface area contributed by atoms with Crippen LogP contribution in [0, 0.1) is 0 Å². The Morgan fingerprint density at radius 3 is 2.52 bits per heavy atom. The maximum absolute atomic E-state index is 11.3. The van der Waals surface area contributed by atoms with Crippen molar-refractivity contribution in [3.63, 3.8) is 0 Å². The van der Waals surface area contributed by atoms with Crippen LogP contribution in [0.2, 0.25) is 0 Å². The first-order chi connectivity index (χ1) is 11.0. The van der Waals surface area contributed by atoms with E-state index in [0.29, 0.717) is 0 Å². The molecule has 1 saturated heterocycles. The van der Waals surface area contributed by atoms with E-state index in [4.69, 9.17) is 14.2 Å². The number of oxime groups is 1. The Labute approximate surface area is 133 Å². The summed E-state index contributed by atoms with van der Waals surface area (Å²) in [5.74, 6) is -1.01. The zero-order valence-corrected chi connectivity index (χ0v) is 13.0. The number of hydrogen-bond donors (Lipinski definition) is 1. The fraction of sp³-hybridized carbons (Fsp3) is 0.438. The van der Waals surface area contributed by atoms with E-state index in [2.05, 4.69) is 5.16 Å². The first kappa shape index (κ1) is 17.0. The van der Waals surface area contributed by atoms with Gasteiger partial charge >= 0.3 is 11.9 Å². The third kappa shape index (κ3) is 4.53. The molecule has 3 atom stereocenters. The number of rotatable bonds is 4. The van der Waals surface area contributed by atoms with Gasteiger partial charge < -0.3 is 19.4 Å². The molecule has 0 aromatic heterocycles. The van der Waals surface area contributed by atoms with E-state index in [-0.39, 0.29) is 24.8 Å². The van der Waals surface area contributed by atoms with Crippen molar-refractivity contribution in [2.45, 2.75) is 38.6 Å². The van der Waals surface area contributed by atoms with Crippen molar-refractivity contribution < 1.29 is 29.0 Å². The second-order valence-electron chi connectivity index (χ2n) is 5.20. The van der Waals surface area contributed by atoms with Crippen LogP contribution in [0.5, 0.6) is 0 Å². The number of hydrogen-bond acceptors (Lipinski definition) is 7. The second-order valence-corrected chi connectivity index (χ2v) is 5.20. The number of ether oxygens (including phenoxy) is 3. The van der Waals surface area contributed by atoms with Crippen LogP contribution in [-0.4, -0.2) is 41.7 Å². The van der Waals surface area contributed by atoms with Gasteiger partial charge in [-0.25, -0.2) is 0 Å². The van der Waals surface area contributed by atoms with Crippen molar-refractivity contribution in [3.8, 4) is 0 Å². The van der Waals surface area contributed by atoms with Gasteiger partial charge in [0.05, 0.1) is 6.10 Å². The van der Waals surface area contributed by atoms with Crippen molar-refractivity contribution in [2.75, 3.05) is 6.61 Å². The molecule has 3 unspecified atom stereocenters. The van der Waals surface area contributed by atoms with Crippen LogP contribution < -0.4 is 0 Å². The summed E-state index contributed by atoms with van der Waals surface area (Å²) < 4.78 is 16.1. The molecule has 0 spiro atoms. The highest BCUT2D eigenvalue weighted by Crippen LogP contribution is 2.31. The highest BCUT2D eigenvalue weighted by Gasteiger charge is 2.40. The minimum Gasteiger partial charge on any atom is -0.463 e. The van der Waals surface area contributed by atoms with Crippen LogP contribution in [0.3, 0.4) is 0 Å². The molecular formula is C16H19NO6. The van der Waals surface area contributed by atoms with E-state index in [1.807, 2.05) is 30.3 Å². The summed E-state index contributed by atoms with van der Waals surface area (Å²) in [5, 5.41) is 12.5. The minimum atomic E-state index is -0.892. The monoisotopic (exact) mass is 321 g/mol. The first-order valence-corrected chi connectivity index (χ1v) is 7.23. The molecule has 7 heteroatoms. The highest BCUT2D eigenvalue weighted by atomic mass is 16.6. The van der Waals surface area contributed by atoms with Gasteiger partial charge in [0.1, 0.15) is 18.4 Å². The molecule has 1 aliphatic rings. The molecule has 0 radical (unpaired) electrons. The molecule has 1 aromatic carbocycles. The van der Waals surface area contributed by atoms with Crippen molar-refractivity contribution in [3.05, 3.63) is 35.9 Å². The predicted molar refractivity (Wildman–Crippen MR) is 80.1 cm³/mol. The number of benzene rings is 1. The average molecular weight is 321 g/mol. The van der Waals surface area contributed by atoms with Crippen LogP contribution in [0.1, 0.15) is 31.9 Å². The number of nitrogens with zero attached hydrogens (tertiary/aromatic N) is 1. The lowest BCUT2D eigenvalue weighted by atomic mass is 9.94. The zero-order chi connectivity index (χ0) is 16.8. The fourth-order valence-electron chi connectivity index (χ4n) is 2.46. The Kier molecular flexibility index (Phi) is 5.70. The van der Waals surface area contributed by atoms with Crippen LogP contribution in [0.15, 0.2) is 35.5 Å². The van der Waals surface area contributed by atoms with E-state index >= 15 is 0 Å². The molecule has 1 heterocycles.